The van der Waals surface area contributed by atoms with Crippen LogP contribution in [0.4, 0.5) is 4.39 Å². The molecule has 0 aromatic heterocycles. The number of aliphatic hydroxyl groups is 1. The molecule has 1 aromatic carbocycles. The zero-order valence-corrected chi connectivity index (χ0v) is 10.7. The Bertz CT molecular complexity index is 398. The van der Waals surface area contributed by atoms with E-state index in [-0.39, 0.29) is 18.6 Å². The zero-order chi connectivity index (χ0) is 12.3. The summed E-state index contributed by atoms with van der Waals surface area (Å²) in [7, 11) is 1.60. The number of rotatable bonds is 3. The van der Waals surface area contributed by atoms with E-state index in [9.17, 15) is 9.18 Å². The first-order chi connectivity index (χ1) is 7.47. The smallest absolute Gasteiger partial charge is 0.255 e. The molecule has 1 N–H and O–H groups in total. The van der Waals surface area contributed by atoms with E-state index in [1.807, 2.05) is 0 Å². The normalized spacial score (nSPS) is 12.3. The lowest BCUT2D eigenvalue weighted by Crippen LogP contribution is -2.37. The van der Waals surface area contributed by atoms with Crippen LogP contribution in [0, 0.1) is 5.82 Å². The molecule has 1 atom stereocenters. The monoisotopic (exact) mass is 289 g/mol. The molecule has 1 amide bonds. The van der Waals surface area contributed by atoms with Gasteiger partial charge in [-0.1, -0.05) is 0 Å². The summed E-state index contributed by atoms with van der Waals surface area (Å²) in [5.41, 5.74) is 0.379. The van der Waals surface area contributed by atoms with Gasteiger partial charge >= 0.3 is 0 Å². The minimum absolute atomic E-state index is 0.110. The van der Waals surface area contributed by atoms with E-state index >= 15 is 0 Å². The molecule has 0 aliphatic carbocycles. The number of amides is 1. The van der Waals surface area contributed by atoms with Crippen molar-refractivity contribution < 1.29 is 14.3 Å². The Morgan fingerprint density at radius 1 is 1.62 bits per heavy atom. The maximum atomic E-state index is 12.8. The van der Waals surface area contributed by atoms with Crippen molar-refractivity contribution in [2.45, 2.75) is 13.0 Å². The number of likely N-dealkylation sites (N-methyl/N-ethyl adjacent to an activating group) is 1. The molecule has 0 aliphatic rings. The largest absolute Gasteiger partial charge is 0.394 e. The van der Waals surface area contributed by atoms with Gasteiger partial charge < -0.3 is 10.0 Å². The predicted octanol–water partition coefficient (Wildman–Crippen LogP) is 2.04. The third-order valence-corrected chi connectivity index (χ3v) is 3.06. The fourth-order valence-electron chi connectivity index (χ4n) is 1.18. The van der Waals surface area contributed by atoms with Crippen molar-refractivity contribution in [3.05, 3.63) is 34.1 Å². The van der Waals surface area contributed by atoms with Crippen molar-refractivity contribution in [1.82, 2.24) is 4.90 Å². The molecular weight excluding hydrogens is 277 g/mol. The van der Waals surface area contributed by atoms with Gasteiger partial charge in [-0.05, 0) is 41.1 Å². The molecule has 0 spiro atoms. The minimum atomic E-state index is -0.402. The molecule has 0 fully saturated rings. The molecule has 16 heavy (non-hydrogen) atoms. The van der Waals surface area contributed by atoms with E-state index in [0.29, 0.717) is 10.0 Å². The van der Waals surface area contributed by atoms with Crippen LogP contribution in [0.5, 0.6) is 0 Å². The lowest BCUT2D eigenvalue weighted by atomic mass is 10.2. The van der Waals surface area contributed by atoms with Crippen LogP contribution in [0.3, 0.4) is 0 Å². The second-order valence-corrected chi connectivity index (χ2v) is 4.43. The second kappa shape index (κ2) is 5.41. The summed E-state index contributed by atoms with van der Waals surface area (Å²) in [6.07, 6.45) is 0. The van der Waals surface area contributed by atoms with Crippen molar-refractivity contribution in [1.29, 1.82) is 0 Å². The van der Waals surface area contributed by atoms with Crippen molar-refractivity contribution in [2.75, 3.05) is 13.7 Å². The third kappa shape index (κ3) is 2.80. The molecule has 0 heterocycles. The van der Waals surface area contributed by atoms with E-state index in [0.717, 1.165) is 0 Å². The van der Waals surface area contributed by atoms with E-state index in [1.165, 1.54) is 23.1 Å². The molecule has 1 rings (SSSR count). The van der Waals surface area contributed by atoms with Crippen LogP contribution < -0.4 is 0 Å². The average molecular weight is 290 g/mol. The molecule has 0 aliphatic heterocycles. The van der Waals surface area contributed by atoms with Gasteiger partial charge in [0, 0.05) is 11.5 Å². The first kappa shape index (κ1) is 13.1. The minimum Gasteiger partial charge on any atom is -0.394 e. The number of carbonyl (C=O) groups excluding carboxylic acids is 1. The average Bonchev–Trinajstić information content (AvgIpc) is 2.26. The van der Waals surface area contributed by atoms with Gasteiger partial charge in [0.1, 0.15) is 5.82 Å². The Hall–Kier alpha value is -0.940. The highest BCUT2D eigenvalue weighted by Gasteiger charge is 2.19. The first-order valence-electron chi connectivity index (χ1n) is 4.80. The van der Waals surface area contributed by atoms with Crippen molar-refractivity contribution in [3.8, 4) is 0 Å². The second-order valence-electron chi connectivity index (χ2n) is 3.57. The topological polar surface area (TPSA) is 40.5 Å². The molecule has 0 radical (unpaired) electrons. The van der Waals surface area contributed by atoms with E-state index in [2.05, 4.69) is 15.9 Å². The van der Waals surface area contributed by atoms with Gasteiger partial charge in [-0.25, -0.2) is 4.39 Å². The first-order valence-corrected chi connectivity index (χ1v) is 5.59. The quantitative estimate of drug-likeness (QED) is 0.925. The van der Waals surface area contributed by atoms with Crippen molar-refractivity contribution >= 4 is 21.8 Å². The lowest BCUT2D eigenvalue weighted by Gasteiger charge is -2.23. The number of hydrogen-bond acceptors (Lipinski definition) is 2. The van der Waals surface area contributed by atoms with E-state index < -0.39 is 5.82 Å². The van der Waals surface area contributed by atoms with Gasteiger partial charge in [-0.3, -0.25) is 4.79 Å². The van der Waals surface area contributed by atoms with E-state index in [1.54, 1.807) is 14.0 Å². The molecule has 0 bridgehead atoms. The van der Waals surface area contributed by atoms with Crippen LogP contribution in [0.1, 0.15) is 17.3 Å². The van der Waals surface area contributed by atoms with Gasteiger partial charge in [-0.15, -0.1) is 0 Å². The number of carbonyl (C=O) groups is 1. The third-order valence-electron chi connectivity index (χ3n) is 2.41. The standard InChI is InChI=1S/C11H13BrFNO2/c1-7(6-15)14(2)11(16)9-4-3-8(13)5-10(9)12/h3-5,7,15H,6H2,1-2H3. The van der Waals surface area contributed by atoms with Crippen LogP contribution in [-0.2, 0) is 0 Å². The summed E-state index contributed by atoms with van der Waals surface area (Å²) >= 11 is 3.14. The predicted molar refractivity (Wildman–Crippen MR) is 62.7 cm³/mol. The summed E-state index contributed by atoms with van der Waals surface area (Å²) in [4.78, 5) is 13.4. The number of aliphatic hydroxyl groups excluding tert-OH is 1. The lowest BCUT2D eigenvalue weighted by molar-refractivity contribution is 0.0681. The fourth-order valence-corrected chi connectivity index (χ4v) is 1.70. The van der Waals surface area contributed by atoms with E-state index in [4.69, 9.17) is 5.11 Å². The molecule has 5 heteroatoms. The van der Waals surface area contributed by atoms with Crippen LogP contribution in [0.15, 0.2) is 22.7 Å². The highest BCUT2D eigenvalue weighted by atomic mass is 79.9. The summed E-state index contributed by atoms with van der Waals surface area (Å²) in [5.74, 6) is -0.658. The highest BCUT2D eigenvalue weighted by molar-refractivity contribution is 9.10. The van der Waals surface area contributed by atoms with Gasteiger partial charge in [0.2, 0.25) is 0 Å². The Morgan fingerprint density at radius 2 is 2.25 bits per heavy atom. The molecule has 88 valence electrons. The van der Waals surface area contributed by atoms with Crippen LogP contribution in [0.25, 0.3) is 0 Å². The summed E-state index contributed by atoms with van der Waals surface area (Å²) in [6, 6.07) is 3.62. The Kier molecular flexibility index (Phi) is 4.44. The van der Waals surface area contributed by atoms with Crippen LogP contribution >= 0.6 is 15.9 Å². The molecule has 1 unspecified atom stereocenters. The Balaban J connectivity index is 2.96. The molecule has 0 saturated carbocycles. The SMILES string of the molecule is CC(CO)N(C)C(=O)c1ccc(F)cc1Br. The van der Waals surface area contributed by atoms with Gasteiger partial charge in [0.05, 0.1) is 18.2 Å². The number of nitrogens with zero attached hydrogens (tertiary/aromatic N) is 1. The molecule has 0 saturated heterocycles. The van der Waals surface area contributed by atoms with Crippen LogP contribution in [0.2, 0.25) is 0 Å². The fraction of sp³-hybridized carbons (Fsp3) is 0.364. The van der Waals surface area contributed by atoms with Crippen molar-refractivity contribution in [2.24, 2.45) is 0 Å². The number of benzene rings is 1. The maximum absolute atomic E-state index is 12.8. The van der Waals surface area contributed by atoms with Gasteiger partial charge in [-0.2, -0.15) is 0 Å². The summed E-state index contributed by atoms with van der Waals surface area (Å²) in [5, 5.41) is 8.95. The van der Waals surface area contributed by atoms with Crippen LogP contribution in [-0.4, -0.2) is 35.6 Å². The molecule has 3 nitrogen and oxygen atoms in total. The molecule has 1 aromatic rings. The zero-order valence-electron chi connectivity index (χ0n) is 9.08. The van der Waals surface area contributed by atoms with Gasteiger partial charge in [0.25, 0.3) is 5.91 Å². The number of hydrogen-bond donors (Lipinski definition) is 1. The summed E-state index contributed by atoms with van der Waals surface area (Å²) in [6.45, 7) is 1.62. The Morgan fingerprint density at radius 3 is 2.75 bits per heavy atom. The Labute approximate surface area is 102 Å². The molecular formula is C11H13BrFNO2. The summed E-state index contributed by atoms with van der Waals surface area (Å²) < 4.78 is 13.3. The highest BCUT2D eigenvalue weighted by Crippen LogP contribution is 2.20. The van der Waals surface area contributed by atoms with Crippen molar-refractivity contribution in [3.63, 3.8) is 0 Å². The maximum Gasteiger partial charge on any atom is 0.255 e. The van der Waals surface area contributed by atoms with Gasteiger partial charge in [0.15, 0.2) is 0 Å². The number of halogens is 2.